The molecule has 1 fully saturated rings. The van der Waals surface area contributed by atoms with E-state index >= 15 is 0 Å². The highest BCUT2D eigenvalue weighted by Crippen LogP contribution is 2.25. The number of fused-ring (bicyclic) bond motifs is 1. The Balaban J connectivity index is 2.01. The third kappa shape index (κ3) is 1.83. The summed E-state index contributed by atoms with van der Waals surface area (Å²) in [6.07, 6.45) is 3.13. The number of pyridine rings is 1. The highest BCUT2D eigenvalue weighted by atomic mass is 32.2. The largest absolute Gasteiger partial charge is 0.463 e. The van der Waals surface area contributed by atoms with Gasteiger partial charge >= 0.3 is 0 Å². The summed E-state index contributed by atoms with van der Waals surface area (Å²) < 4.78 is 5.16. The van der Waals surface area contributed by atoms with E-state index in [1.54, 1.807) is 30.5 Å². The molecular formula is C11H6N2O3S. The van der Waals surface area contributed by atoms with E-state index in [4.69, 9.17) is 4.42 Å². The number of amides is 2. The molecule has 5 nitrogen and oxygen atoms in total. The molecule has 2 aromatic rings. The molecule has 2 amide bonds. The molecule has 0 aromatic carbocycles. The van der Waals surface area contributed by atoms with Crippen molar-refractivity contribution in [3.63, 3.8) is 0 Å². The number of carbonyl (C=O) groups is 2. The molecule has 84 valence electrons. The fourth-order valence-electron chi connectivity index (χ4n) is 1.50. The van der Waals surface area contributed by atoms with E-state index in [0.29, 0.717) is 21.7 Å². The second-order valence-electron chi connectivity index (χ2n) is 3.39. The van der Waals surface area contributed by atoms with Gasteiger partial charge in [0.25, 0.3) is 11.1 Å². The van der Waals surface area contributed by atoms with E-state index < -0.39 is 0 Å². The topological polar surface area (TPSA) is 72.2 Å². The van der Waals surface area contributed by atoms with Crippen LogP contribution in [-0.2, 0) is 4.79 Å². The molecule has 0 radical (unpaired) electrons. The van der Waals surface area contributed by atoms with Crippen LogP contribution in [0.3, 0.4) is 0 Å². The summed E-state index contributed by atoms with van der Waals surface area (Å²) >= 11 is 0.874. The summed E-state index contributed by atoms with van der Waals surface area (Å²) in [6.45, 7) is 0. The molecule has 0 bridgehead atoms. The SMILES string of the molecule is O=C1NC(=O)/C(=C\c2ccc3occc3n2)S1. The lowest BCUT2D eigenvalue weighted by molar-refractivity contribution is -0.115. The predicted molar refractivity (Wildman–Crippen MR) is 63.1 cm³/mol. The highest BCUT2D eigenvalue weighted by Gasteiger charge is 2.25. The number of carbonyl (C=O) groups excluding carboxylic acids is 2. The molecule has 0 saturated carbocycles. The molecule has 3 heterocycles. The minimum atomic E-state index is -0.380. The van der Waals surface area contributed by atoms with Crippen molar-refractivity contribution in [1.82, 2.24) is 10.3 Å². The maximum atomic E-state index is 11.3. The number of imide groups is 1. The van der Waals surface area contributed by atoms with Crippen LogP contribution in [0.1, 0.15) is 5.69 Å². The predicted octanol–water partition coefficient (Wildman–Crippen LogP) is 2.15. The molecule has 2 aromatic heterocycles. The summed E-state index contributed by atoms with van der Waals surface area (Å²) in [7, 11) is 0. The van der Waals surface area contributed by atoms with Crippen molar-refractivity contribution in [1.29, 1.82) is 0 Å². The first-order chi connectivity index (χ1) is 8.22. The smallest absolute Gasteiger partial charge is 0.290 e. The summed E-state index contributed by atoms with van der Waals surface area (Å²) in [5, 5.41) is 1.83. The summed E-state index contributed by atoms with van der Waals surface area (Å²) in [5.74, 6) is -0.380. The Morgan fingerprint density at radius 2 is 2.18 bits per heavy atom. The van der Waals surface area contributed by atoms with E-state index in [0.717, 1.165) is 11.8 Å². The lowest BCUT2D eigenvalue weighted by Gasteiger charge is -1.94. The third-order valence-corrected chi connectivity index (χ3v) is 3.06. The molecule has 1 N–H and O–H groups in total. The summed E-state index contributed by atoms with van der Waals surface area (Å²) in [4.78, 5) is 27.0. The number of thioether (sulfide) groups is 1. The van der Waals surface area contributed by atoms with Crippen molar-refractivity contribution in [3.8, 4) is 0 Å². The molecule has 1 saturated heterocycles. The molecular weight excluding hydrogens is 240 g/mol. The van der Waals surface area contributed by atoms with Crippen molar-refractivity contribution in [2.45, 2.75) is 0 Å². The number of hydrogen-bond acceptors (Lipinski definition) is 5. The normalized spacial score (nSPS) is 18.0. The van der Waals surface area contributed by atoms with Crippen molar-refractivity contribution in [3.05, 3.63) is 35.1 Å². The van der Waals surface area contributed by atoms with Crippen LogP contribution in [0, 0.1) is 0 Å². The summed E-state index contributed by atoms with van der Waals surface area (Å²) in [6, 6.07) is 5.24. The lowest BCUT2D eigenvalue weighted by atomic mass is 10.3. The van der Waals surface area contributed by atoms with Crippen molar-refractivity contribution in [2.24, 2.45) is 0 Å². The highest BCUT2D eigenvalue weighted by molar-refractivity contribution is 8.18. The number of hydrogen-bond donors (Lipinski definition) is 1. The van der Waals surface area contributed by atoms with Gasteiger partial charge in [0.05, 0.1) is 16.9 Å². The van der Waals surface area contributed by atoms with Gasteiger partial charge in [-0.2, -0.15) is 0 Å². The first-order valence-corrected chi connectivity index (χ1v) is 5.63. The van der Waals surface area contributed by atoms with Gasteiger partial charge in [-0.25, -0.2) is 4.98 Å². The molecule has 0 atom stereocenters. The standard InChI is InChI=1S/C11H6N2O3S/c14-10-9(17-11(15)13-10)5-6-1-2-8-7(12-6)3-4-16-8/h1-5H,(H,13,14,15)/b9-5+. The Morgan fingerprint density at radius 3 is 2.94 bits per heavy atom. The second-order valence-corrected chi connectivity index (χ2v) is 4.41. The zero-order chi connectivity index (χ0) is 11.8. The van der Waals surface area contributed by atoms with Crippen LogP contribution < -0.4 is 5.32 Å². The van der Waals surface area contributed by atoms with Crippen LogP contribution in [0.15, 0.2) is 33.8 Å². The van der Waals surface area contributed by atoms with E-state index in [1.807, 2.05) is 0 Å². The van der Waals surface area contributed by atoms with E-state index in [2.05, 4.69) is 10.3 Å². The van der Waals surface area contributed by atoms with Gasteiger partial charge in [-0.1, -0.05) is 0 Å². The maximum Gasteiger partial charge on any atom is 0.290 e. The first-order valence-electron chi connectivity index (χ1n) is 4.81. The van der Waals surface area contributed by atoms with Gasteiger partial charge in [-0.05, 0) is 30.0 Å². The van der Waals surface area contributed by atoms with Crippen molar-refractivity contribution in [2.75, 3.05) is 0 Å². The Morgan fingerprint density at radius 1 is 1.29 bits per heavy atom. The van der Waals surface area contributed by atoms with Gasteiger partial charge in [0.1, 0.15) is 5.52 Å². The maximum absolute atomic E-state index is 11.3. The Bertz CT molecular complexity index is 660. The second kappa shape index (κ2) is 3.74. The average Bonchev–Trinajstić information content (AvgIpc) is 2.85. The van der Waals surface area contributed by atoms with E-state index in [-0.39, 0.29) is 11.1 Å². The number of rotatable bonds is 1. The fraction of sp³-hybridized carbons (Fsp3) is 0. The first kappa shape index (κ1) is 10.1. The Kier molecular flexibility index (Phi) is 2.22. The molecule has 0 unspecified atom stereocenters. The molecule has 17 heavy (non-hydrogen) atoms. The van der Waals surface area contributed by atoms with Crippen LogP contribution in [0.25, 0.3) is 17.2 Å². The van der Waals surface area contributed by atoms with E-state index in [1.165, 1.54) is 0 Å². The van der Waals surface area contributed by atoms with Crippen molar-refractivity contribution < 1.29 is 14.0 Å². The van der Waals surface area contributed by atoms with Gasteiger partial charge in [-0.3, -0.25) is 14.9 Å². The monoisotopic (exact) mass is 246 g/mol. The van der Waals surface area contributed by atoms with Gasteiger partial charge in [0.15, 0.2) is 5.58 Å². The van der Waals surface area contributed by atoms with Gasteiger partial charge in [0.2, 0.25) is 0 Å². The van der Waals surface area contributed by atoms with Gasteiger partial charge in [0, 0.05) is 6.07 Å². The Hall–Kier alpha value is -2.08. The number of nitrogens with one attached hydrogen (secondary N) is 1. The quantitative estimate of drug-likeness (QED) is 0.780. The average molecular weight is 246 g/mol. The fourth-order valence-corrected chi connectivity index (χ4v) is 2.17. The zero-order valence-corrected chi connectivity index (χ0v) is 9.28. The summed E-state index contributed by atoms with van der Waals surface area (Å²) in [5.41, 5.74) is 2.02. The van der Waals surface area contributed by atoms with Crippen LogP contribution in [-0.4, -0.2) is 16.1 Å². The van der Waals surface area contributed by atoms with Crippen LogP contribution in [0.5, 0.6) is 0 Å². The molecule has 1 aliphatic heterocycles. The molecule has 3 rings (SSSR count). The van der Waals surface area contributed by atoms with Gasteiger partial charge < -0.3 is 4.42 Å². The van der Waals surface area contributed by atoms with Crippen LogP contribution in [0.2, 0.25) is 0 Å². The van der Waals surface area contributed by atoms with E-state index in [9.17, 15) is 9.59 Å². The number of furan rings is 1. The minimum absolute atomic E-state index is 0.352. The Labute approximate surface area is 99.9 Å². The van der Waals surface area contributed by atoms with Crippen LogP contribution >= 0.6 is 11.8 Å². The molecule has 0 spiro atoms. The molecule has 1 aliphatic rings. The zero-order valence-electron chi connectivity index (χ0n) is 8.47. The third-order valence-electron chi connectivity index (χ3n) is 2.25. The molecule has 6 heteroatoms. The number of aromatic nitrogens is 1. The lowest BCUT2D eigenvalue weighted by Crippen LogP contribution is -2.17. The van der Waals surface area contributed by atoms with Gasteiger partial charge in [-0.15, -0.1) is 0 Å². The number of nitrogens with zero attached hydrogens (tertiary/aromatic N) is 1. The minimum Gasteiger partial charge on any atom is -0.463 e. The van der Waals surface area contributed by atoms with Crippen LogP contribution in [0.4, 0.5) is 4.79 Å². The van der Waals surface area contributed by atoms with Crippen molar-refractivity contribution >= 4 is 40.1 Å². The molecule has 0 aliphatic carbocycles.